The number of para-hydroxylation sites is 2. The highest BCUT2D eigenvalue weighted by molar-refractivity contribution is 5.93. The Morgan fingerprint density at radius 2 is 1.76 bits per heavy atom. The topological polar surface area (TPSA) is 124 Å². The Bertz CT molecular complexity index is 1050. The summed E-state index contributed by atoms with van der Waals surface area (Å²) in [5, 5.41) is 0. The number of anilines is 1. The van der Waals surface area contributed by atoms with Crippen molar-refractivity contribution in [3.8, 4) is 22.8 Å². The molecule has 4 aromatic rings. The Hall–Kier alpha value is -3.74. The Morgan fingerprint density at radius 3 is 2.48 bits per heavy atom. The van der Waals surface area contributed by atoms with Gasteiger partial charge in [-0.2, -0.15) is 0 Å². The van der Waals surface area contributed by atoms with Crippen LogP contribution in [0.25, 0.3) is 33.8 Å². The largest absolute Gasteiger partial charge is 0.382 e. The second kappa shape index (κ2) is 5.72. The zero-order valence-electron chi connectivity index (χ0n) is 13.1. The van der Waals surface area contributed by atoms with Gasteiger partial charge in [-0.3, -0.25) is 4.79 Å². The number of rotatable bonds is 3. The minimum Gasteiger partial charge on any atom is -0.382 e. The van der Waals surface area contributed by atoms with E-state index >= 15 is 0 Å². The predicted molar refractivity (Wildman–Crippen MR) is 95.5 cm³/mol. The molecule has 0 atom stereocenters. The summed E-state index contributed by atoms with van der Waals surface area (Å²) in [6.07, 6.45) is 1.58. The number of fused-ring (bicyclic) bond motifs is 1. The van der Waals surface area contributed by atoms with Crippen molar-refractivity contribution in [2.45, 2.75) is 0 Å². The number of nitrogen functional groups attached to an aromatic ring is 1. The molecule has 0 spiro atoms. The van der Waals surface area contributed by atoms with E-state index in [1.165, 1.54) is 0 Å². The van der Waals surface area contributed by atoms with Crippen LogP contribution in [0.2, 0.25) is 0 Å². The standard InChI is InChI=1S/C18H14N6O/c19-16-15(18-23-12-3-1-2-4-13(12)24-18)22-14(9-21-16)10-5-7-11(8-6-10)17(20)25/h1-9H,(H2,19,21)(H2,20,25)(H,23,24). The molecule has 4 rings (SSSR count). The lowest BCUT2D eigenvalue weighted by atomic mass is 10.1. The number of amides is 1. The highest BCUT2D eigenvalue weighted by atomic mass is 16.1. The van der Waals surface area contributed by atoms with E-state index in [4.69, 9.17) is 11.5 Å². The lowest BCUT2D eigenvalue weighted by Crippen LogP contribution is -2.10. The van der Waals surface area contributed by atoms with Gasteiger partial charge in [-0.1, -0.05) is 24.3 Å². The molecule has 0 aliphatic carbocycles. The average Bonchev–Trinajstić information content (AvgIpc) is 3.06. The molecule has 2 heterocycles. The zero-order valence-corrected chi connectivity index (χ0v) is 13.1. The van der Waals surface area contributed by atoms with Gasteiger partial charge in [0.2, 0.25) is 5.91 Å². The molecule has 0 bridgehead atoms. The Balaban J connectivity index is 1.79. The molecular weight excluding hydrogens is 316 g/mol. The van der Waals surface area contributed by atoms with Crippen molar-refractivity contribution < 1.29 is 4.79 Å². The lowest BCUT2D eigenvalue weighted by molar-refractivity contribution is 0.100. The maximum atomic E-state index is 11.2. The highest BCUT2D eigenvalue weighted by Crippen LogP contribution is 2.26. The quantitative estimate of drug-likeness (QED) is 0.532. The minimum absolute atomic E-state index is 0.288. The number of imidazole rings is 1. The van der Waals surface area contributed by atoms with Gasteiger partial charge in [-0.25, -0.2) is 15.0 Å². The van der Waals surface area contributed by atoms with E-state index in [0.29, 0.717) is 22.8 Å². The van der Waals surface area contributed by atoms with Crippen LogP contribution >= 0.6 is 0 Å². The number of aromatic amines is 1. The molecule has 7 heteroatoms. The molecule has 0 fully saturated rings. The van der Waals surface area contributed by atoms with Crippen molar-refractivity contribution in [1.29, 1.82) is 0 Å². The van der Waals surface area contributed by atoms with Gasteiger partial charge >= 0.3 is 0 Å². The molecule has 1 amide bonds. The minimum atomic E-state index is -0.474. The number of H-pyrrole nitrogens is 1. The van der Waals surface area contributed by atoms with Gasteiger partial charge < -0.3 is 16.5 Å². The van der Waals surface area contributed by atoms with Gasteiger partial charge in [0, 0.05) is 11.1 Å². The summed E-state index contributed by atoms with van der Waals surface area (Å²) in [5.41, 5.74) is 15.3. The van der Waals surface area contributed by atoms with E-state index < -0.39 is 5.91 Å². The van der Waals surface area contributed by atoms with E-state index in [0.717, 1.165) is 16.6 Å². The van der Waals surface area contributed by atoms with Crippen molar-refractivity contribution in [1.82, 2.24) is 19.9 Å². The monoisotopic (exact) mass is 330 g/mol. The van der Waals surface area contributed by atoms with Gasteiger partial charge in [0.25, 0.3) is 0 Å². The summed E-state index contributed by atoms with van der Waals surface area (Å²) < 4.78 is 0. The molecule has 25 heavy (non-hydrogen) atoms. The van der Waals surface area contributed by atoms with Crippen molar-refractivity contribution in [2.75, 3.05) is 5.73 Å². The summed E-state index contributed by atoms with van der Waals surface area (Å²) >= 11 is 0. The Morgan fingerprint density at radius 1 is 1.00 bits per heavy atom. The first-order valence-electron chi connectivity index (χ1n) is 7.60. The molecule has 0 aliphatic heterocycles. The van der Waals surface area contributed by atoms with Gasteiger partial charge in [-0.15, -0.1) is 0 Å². The number of hydrogen-bond acceptors (Lipinski definition) is 5. The SMILES string of the molecule is NC(=O)c1ccc(-c2cnc(N)c(-c3nc4ccccc4[nH]3)n2)cc1. The van der Waals surface area contributed by atoms with Gasteiger partial charge in [-0.05, 0) is 24.3 Å². The number of nitrogens with zero attached hydrogens (tertiary/aromatic N) is 3. The Labute approximate surface area is 142 Å². The first kappa shape index (κ1) is 14.8. The predicted octanol–water partition coefficient (Wildman–Crippen LogP) is 2.37. The van der Waals surface area contributed by atoms with E-state index in [-0.39, 0.29) is 5.82 Å². The van der Waals surface area contributed by atoms with E-state index in [1.807, 2.05) is 24.3 Å². The second-order valence-electron chi connectivity index (χ2n) is 5.53. The first-order chi connectivity index (χ1) is 12.1. The molecule has 2 aromatic heterocycles. The summed E-state index contributed by atoms with van der Waals surface area (Å²) in [6, 6.07) is 14.5. The molecule has 0 aliphatic rings. The van der Waals surface area contributed by atoms with E-state index in [2.05, 4.69) is 19.9 Å². The van der Waals surface area contributed by atoms with Crippen LogP contribution in [-0.2, 0) is 0 Å². The van der Waals surface area contributed by atoms with E-state index in [1.54, 1.807) is 30.5 Å². The van der Waals surface area contributed by atoms with Gasteiger partial charge in [0.05, 0.1) is 22.9 Å². The third-order valence-electron chi connectivity index (χ3n) is 3.88. The fourth-order valence-corrected chi connectivity index (χ4v) is 2.58. The van der Waals surface area contributed by atoms with Gasteiger partial charge in [0.1, 0.15) is 5.69 Å². The zero-order chi connectivity index (χ0) is 17.4. The number of hydrogen-bond donors (Lipinski definition) is 3. The van der Waals surface area contributed by atoms with Crippen LogP contribution < -0.4 is 11.5 Å². The summed E-state index contributed by atoms with van der Waals surface area (Å²) in [6.45, 7) is 0. The Kier molecular flexibility index (Phi) is 3.39. The molecule has 7 nitrogen and oxygen atoms in total. The third-order valence-corrected chi connectivity index (χ3v) is 3.88. The van der Waals surface area contributed by atoms with Crippen LogP contribution in [0.4, 0.5) is 5.82 Å². The summed E-state index contributed by atoms with van der Waals surface area (Å²) in [5.74, 6) is 0.372. The number of aromatic nitrogens is 4. The van der Waals surface area contributed by atoms with Crippen LogP contribution in [0.15, 0.2) is 54.7 Å². The molecule has 2 aromatic carbocycles. The van der Waals surface area contributed by atoms with Gasteiger partial charge in [0.15, 0.2) is 11.6 Å². The van der Waals surface area contributed by atoms with Crippen LogP contribution in [0.1, 0.15) is 10.4 Å². The molecule has 0 unspecified atom stereocenters. The number of benzene rings is 2. The van der Waals surface area contributed by atoms with E-state index in [9.17, 15) is 4.79 Å². The smallest absolute Gasteiger partial charge is 0.248 e. The highest BCUT2D eigenvalue weighted by Gasteiger charge is 2.13. The molecule has 0 radical (unpaired) electrons. The number of nitrogens with one attached hydrogen (secondary N) is 1. The fraction of sp³-hybridized carbons (Fsp3) is 0. The molecule has 0 saturated carbocycles. The van der Waals surface area contributed by atoms with Crippen molar-refractivity contribution >= 4 is 22.8 Å². The van der Waals surface area contributed by atoms with Crippen molar-refractivity contribution in [3.05, 3.63) is 60.3 Å². The lowest BCUT2D eigenvalue weighted by Gasteiger charge is -2.06. The number of carbonyl (C=O) groups is 1. The summed E-state index contributed by atoms with van der Waals surface area (Å²) in [7, 11) is 0. The first-order valence-corrected chi connectivity index (χ1v) is 7.60. The van der Waals surface area contributed by atoms with Crippen LogP contribution in [0, 0.1) is 0 Å². The molecular formula is C18H14N6O. The maximum Gasteiger partial charge on any atom is 0.248 e. The molecule has 122 valence electrons. The fourth-order valence-electron chi connectivity index (χ4n) is 2.58. The third kappa shape index (κ3) is 2.67. The molecule has 5 N–H and O–H groups in total. The summed E-state index contributed by atoms with van der Waals surface area (Å²) in [4.78, 5) is 27.7. The van der Waals surface area contributed by atoms with Crippen molar-refractivity contribution in [3.63, 3.8) is 0 Å². The number of carbonyl (C=O) groups excluding carboxylic acids is 1. The normalized spacial score (nSPS) is 10.9. The number of primary amides is 1. The van der Waals surface area contributed by atoms with Crippen molar-refractivity contribution in [2.24, 2.45) is 5.73 Å². The molecule has 0 saturated heterocycles. The number of nitrogens with two attached hydrogens (primary N) is 2. The second-order valence-corrected chi connectivity index (χ2v) is 5.53. The maximum absolute atomic E-state index is 11.2. The van der Waals surface area contributed by atoms with Crippen LogP contribution in [-0.4, -0.2) is 25.8 Å². The van der Waals surface area contributed by atoms with Crippen LogP contribution in [0.3, 0.4) is 0 Å². The average molecular weight is 330 g/mol. The van der Waals surface area contributed by atoms with Crippen LogP contribution in [0.5, 0.6) is 0 Å².